The highest BCUT2D eigenvalue weighted by molar-refractivity contribution is 5.30. The first-order valence-electron chi connectivity index (χ1n) is 6.35. The van der Waals surface area contributed by atoms with E-state index in [2.05, 4.69) is 33.0 Å². The minimum Gasteiger partial charge on any atom is -0.309 e. The van der Waals surface area contributed by atoms with Crippen LogP contribution in [0.1, 0.15) is 51.3 Å². The van der Waals surface area contributed by atoms with Gasteiger partial charge in [0, 0.05) is 6.04 Å². The summed E-state index contributed by atoms with van der Waals surface area (Å²) >= 11 is 0. The number of aryl methyl sites for hydroxylation is 1. The summed E-state index contributed by atoms with van der Waals surface area (Å²) in [6.45, 7) is 11.7. The van der Waals surface area contributed by atoms with E-state index in [9.17, 15) is 4.39 Å². The van der Waals surface area contributed by atoms with Crippen LogP contribution in [0.25, 0.3) is 0 Å². The fourth-order valence-electron chi connectivity index (χ4n) is 2.09. The molecule has 0 aliphatic carbocycles. The average molecular weight is 237 g/mol. The van der Waals surface area contributed by atoms with E-state index >= 15 is 0 Å². The summed E-state index contributed by atoms with van der Waals surface area (Å²) in [6.07, 6.45) is 1.08. The van der Waals surface area contributed by atoms with Gasteiger partial charge in [0.25, 0.3) is 0 Å². The van der Waals surface area contributed by atoms with Crippen molar-refractivity contribution in [2.75, 3.05) is 6.54 Å². The first kappa shape index (κ1) is 14.2. The normalized spacial score (nSPS) is 13.8. The molecule has 1 N–H and O–H groups in total. The third-order valence-corrected chi connectivity index (χ3v) is 3.02. The van der Waals surface area contributed by atoms with Crippen LogP contribution in [-0.2, 0) is 0 Å². The van der Waals surface area contributed by atoms with Gasteiger partial charge in [0.2, 0.25) is 0 Å². The standard InChI is InChI=1S/C15H24FN/c1-6-9-17-14(15(3,4)5)13-10-12(16)8-7-11(13)2/h7-8,10,14,17H,6,9H2,1-5H3. The Morgan fingerprint density at radius 2 is 1.94 bits per heavy atom. The quantitative estimate of drug-likeness (QED) is 0.826. The third-order valence-electron chi connectivity index (χ3n) is 3.02. The van der Waals surface area contributed by atoms with E-state index in [1.165, 1.54) is 6.07 Å². The van der Waals surface area contributed by atoms with Crippen molar-refractivity contribution in [1.82, 2.24) is 5.32 Å². The predicted octanol–water partition coefficient (Wildman–Crippen LogP) is 4.22. The molecule has 0 heterocycles. The number of hydrogen-bond donors (Lipinski definition) is 1. The van der Waals surface area contributed by atoms with Crippen LogP contribution < -0.4 is 5.32 Å². The zero-order valence-electron chi connectivity index (χ0n) is 11.6. The number of rotatable bonds is 4. The molecule has 1 aromatic carbocycles. The molecule has 96 valence electrons. The van der Waals surface area contributed by atoms with Gasteiger partial charge in [0.15, 0.2) is 0 Å². The number of benzene rings is 1. The van der Waals surface area contributed by atoms with E-state index in [-0.39, 0.29) is 17.3 Å². The van der Waals surface area contributed by atoms with Gasteiger partial charge >= 0.3 is 0 Å². The van der Waals surface area contributed by atoms with E-state index in [1.807, 2.05) is 13.0 Å². The van der Waals surface area contributed by atoms with Crippen molar-refractivity contribution in [2.45, 2.75) is 47.1 Å². The van der Waals surface area contributed by atoms with Crippen LogP contribution in [0.15, 0.2) is 18.2 Å². The molecule has 0 radical (unpaired) electrons. The van der Waals surface area contributed by atoms with Gasteiger partial charge in [0.1, 0.15) is 5.82 Å². The zero-order valence-corrected chi connectivity index (χ0v) is 11.6. The van der Waals surface area contributed by atoms with Gasteiger partial charge in [0.05, 0.1) is 0 Å². The Morgan fingerprint density at radius 1 is 1.29 bits per heavy atom. The van der Waals surface area contributed by atoms with Crippen LogP contribution in [-0.4, -0.2) is 6.54 Å². The summed E-state index contributed by atoms with van der Waals surface area (Å²) < 4.78 is 13.4. The molecule has 0 saturated carbocycles. The van der Waals surface area contributed by atoms with E-state index in [0.717, 1.165) is 24.1 Å². The van der Waals surface area contributed by atoms with E-state index in [4.69, 9.17) is 0 Å². The number of halogens is 1. The Hall–Kier alpha value is -0.890. The third kappa shape index (κ3) is 3.81. The smallest absolute Gasteiger partial charge is 0.123 e. The highest BCUT2D eigenvalue weighted by Gasteiger charge is 2.26. The molecule has 0 aliphatic rings. The van der Waals surface area contributed by atoms with Crippen molar-refractivity contribution in [3.63, 3.8) is 0 Å². The van der Waals surface area contributed by atoms with Crippen molar-refractivity contribution in [3.05, 3.63) is 35.1 Å². The average Bonchev–Trinajstić information content (AvgIpc) is 2.21. The molecule has 0 spiro atoms. The topological polar surface area (TPSA) is 12.0 Å². The van der Waals surface area contributed by atoms with Crippen molar-refractivity contribution < 1.29 is 4.39 Å². The SMILES string of the molecule is CCCNC(c1cc(F)ccc1C)C(C)(C)C. The highest BCUT2D eigenvalue weighted by atomic mass is 19.1. The van der Waals surface area contributed by atoms with E-state index < -0.39 is 0 Å². The number of nitrogens with one attached hydrogen (secondary N) is 1. The monoisotopic (exact) mass is 237 g/mol. The van der Waals surface area contributed by atoms with Gasteiger partial charge in [-0.05, 0) is 48.6 Å². The molecule has 0 bridgehead atoms. The highest BCUT2D eigenvalue weighted by Crippen LogP contribution is 2.34. The molecule has 0 fully saturated rings. The summed E-state index contributed by atoms with van der Waals surface area (Å²) in [6, 6.07) is 5.24. The molecule has 1 atom stereocenters. The van der Waals surface area contributed by atoms with Gasteiger partial charge in [-0.2, -0.15) is 0 Å². The van der Waals surface area contributed by atoms with Crippen LogP contribution in [0.3, 0.4) is 0 Å². The van der Waals surface area contributed by atoms with Crippen LogP contribution >= 0.6 is 0 Å². The predicted molar refractivity (Wildman–Crippen MR) is 71.6 cm³/mol. The first-order chi connectivity index (χ1) is 7.86. The Bertz CT molecular complexity index is 366. The minimum atomic E-state index is -0.154. The van der Waals surface area contributed by atoms with Crippen molar-refractivity contribution in [2.24, 2.45) is 5.41 Å². The van der Waals surface area contributed by atoms with E-state index in [1.54, 1.807) is 6.07 Å². The van der Waals surface area contributed by atoms with Gasteiger partial charge in [-0.3, -0.25) is 0 Å². The molecule has 1 aromatic rings. The fraction of sp³-hybridized carbons (Fsp3) is 0.600. The van der Waals surface area contributed by atoms with Crippen molar-refractivity contribution in [1.29, 1.82) is 0 Å². The largest absolute Gasteiger partial charge is 0.309 e. The second-order valence-electron chi connectivity index (χ2n) is 5.75. The lowest BCUT2D eigenvalue weighted by molar-refractivity contribution is 0.272. The lowest BCUT2D eigenvalue weighted by Gasteiger charge is -2.33. The summed E-state index contributed by atoms with van der Waals surface area (Å²) in [4.78, 5) is 0. The first-order valence-corrected chi connectivity index (χ1v) is 6.35. The van der Waals surface area contributed by atoms with Gasteiger partial charge in [-0.25, -0.2) is 4.39 Å². The Kier molecular flexibility index (Phi) is 4.70. The zero-order chi connectivity index (χ0) is 13.1. The van der Waals surface area contributed by atoms with Gasteiger partial charge in [-0.15, -0.1) is 0 Å². The maximum Gasteiger partial charge on any atom is 0.123 e. The summed E-state index contributed by atoms with van der Waals surface area (Å²) in [7, 11) is 0. The Labute approximate surface area is 104 Å². The van der Waals surface area contributed by atoms with Gasteiger partial charge < -0.3 is 5.32 Å². The van der Waals surface area contributed by atoms with Crippen LogP contribution in [0.4, 0.5) is 4.39 Å². The molecule has 2 heteroatoms. The molecule has 1 nitrogen and oxygen atoms in total. The number of hydrogen-bond acceptors (Lipinski definition) is 1. The minimum absolute atomic E-state index is 0.0771. The molecule has 0 amide bonds. The molecule has 0 saturated heterocycles. The maximum absolute atomic E-state index is 13.4. The van der Waals surface area contributed by atoms with Crippen molar-refractivity contribution in [3.8, 4) is 0 Å². The lowest BCUT2D eigenvalue weighted by atomic mass is 9.80. The lowest BCUT2D eigenvalue weighted by Crippen LogP contribution is -2.33. The van der Waals surface area contributed by atoms with Gasteiger partial charge in [-0.1, -0.05) is 33.8 Å². The van der Waals surface area contributed by atoms with Crippen molar-refractivity contribution >= 4 is 0 Å². The summed E-state index contributed by atoms with van der Waals surface area (Å²) in [5, 5.41) is 3.53. The molecule has 17 heavy (non-hydrogen) atoms. The Balaban J connectivity index is 3.08. The maximum atomic E-state index is 13.4. The summed E-state index contributed by atoms with van der Waals surface area (Å²) in [5.74, 6) is -0.154. The Morgan fingerprint density at radius 3 is 2.47 bits per heavy atom. The van der Waals surface area contributed by atoms with E-state index in [0.29, 0.717) is 0 Å². The molecule has 0 aromatic heterocycles. The fourth-order valence-corrected chi connectivity index (χ4v) is 2.09. The molecule has 0 aliphatic heterocycles. The molecular formula is C15H24FN. The summed E-state index contributed by atoms with van der Waals surface area (Å²) in [5.41, 5.74) is 2.30. The molecular weight excluding hydrogens is 213 g/mol. The molecule has 1 rings (SSSR count). The van der Waals surface area contributed by atoms with Crippen LogP contribution in [0, 0.1) is 18.2 Å². The van der Waals surface area contributed by atoms with Crippen LogP contribution in [0.5, 0.6) is 0 Å². The van der Waals surface area contributed by atoms with Crippen LogP contribution in [0.2, 0.25) is 0 Å². The molecule has 1 unspecified atom stereocenters. The second kappa shape index (κ2) is 5.63. The second-order valence-corrected chi connectivity index (χ2v) is 5.75.